The minimum absolute atomic E-state index is 0.0139. The largest absolute Gasteiger partial charge is 0.382 e. The summed E-state index contributed by atoms with van der Waals surface area (Å²) in [7, 11) is -4.57. The molecular formula is C6H7NO4S. The molecule has 0 aliphatic rings. The molecule has 0 aliphatic heterocycles. The lowest BCUT2D eigenvalue weighted by molar-refractivity contribution is 0.296. The first-order chi connectivity index (χ1) is 5.52. The van der Waals surface area contributed by atoms with Crippen molar-refractivity contribution in [3.05, 3.63) is 30.3 Å². The Labute approximate surface area is 69.7 Å². The highest BCUT2D eigenvalue weighted by Crippen LogP contribution is 2.12. The number of rotatable bonds is 2. The van der Waals surface area contributed by atoms with E-state index < -0.39 is 10.3 Å². The van der Waals surface area contributed by atoms with E-state index in [2.05, 4.69) is 0 Å². The van der Waals surface area contributed by atoms with Crippen LogP contribution >= 0.6 is 0 Å². The molecule has 1 aromatic carbocycles. The third-order valence-electron chi connectivity index (χ3n) is 1.20. The van der Waals surface area contributed by atoms with Gasteiger partial charge in [-0.1, -0.05) is 18.2 Å². The van der Waals surface area contributed by atoms with E-state index in [-0.39, 0.29) is 10.2 Å². The molecule has 0 unspecified atom stereocenters. The van der Waals surface area contributed by atoms with Crippen molar-refractivity contribution in [3.63, 3.8) is 0 Å². The van der Waals surface area contributed by atoms with E-state index in [1.807, 2.05) is 0 Å². The Morgan fingerprint density at radius 1 is 1.17 bits per heavy atom. The number of anilines is 1. The second kappa shape index (κ2) is 3.10. The molecule has 0 saturated heterocycles. The van der Waals surface area contributed by atoms with Crippen molar-refractivity contribution in [2.45, 2.75) is 0 Å². The standard InChI is InChI=1S/C6H7NO4S/c8-7(12(9,10)11)6-4-2-1-3-5-6/h1-5,8H,(H,9,10,11). The predicted octanol–water partition coefficient (Wildman–Crippen LogP) is 0.685. The molecule has 0 fully saturated rings. The Bertz CT molecular complexity index is 347. The molecule has 0 radical (unpaired) electrons. The number of hydrogen-bond donors (Lipinski definition) is 2. The minimum atomic E-state index is -4.57. The van der Waals surface area contributed by atoms with E-state index in [4.69, 9.17) is 9.76 Å². The van der Waals surface area contributed by atoms with Crippen LogP contribution in [-0.2, 0) is 10.3 Å². The van der Waals surface area contributed by atoms with Crippen LogP contribution in [0.2, 0.25) is 0 Å². The average Bonchev–Trinajstić information content (AvgIpc) is 2.03. The monoisotopic (exact) mass is 189 g/mol. The zero-order valence-corrected chi connectivity index (χ0v) is 6.77. The van der Waals surface area contributed by atoms with Crippen LogP contribution in [0.3, 0.4) is 0 Å². The zero-order chi connectivity index (χ0) is 9.19. The van der Waals surface area contributed by atoms with Gasteiger partial charge in [-0.2, -0.15) is 8.42 Å². The zero-order valence-electron chi connectivity index (χ0n) is 5.95. The van der Waals surface area contributed by atoms with Gasteiger partial charge in [0.05, 0.1) is 5.69 Å². The molecule has 0 atom stereocenters. The normalized spacial score (nSPS) is 11.2. The minimum Gasteiger partial charge on any atom is -0.272 e. The fourth-order valence-electron chi connectivity index (χ4n) is 0.689. The molecule has 2 N–H and O–H groups in total. The average molecular weight is 189 g/mol. The van der Waals surface area contributed by atoms with Gasteiger partial charge >= 0.3 is 10.3 Å². The Kier molecular flexibility index (Phi) is 2.32. The molecule has 0 aliphatic carbocycles. The molecule has 5 nitrogen and oxygen atoms in total. The fraction of sp³-hybridized carbons (Fsp3) is 0. The first kappa shape index (κ1) is 8.98. The van der Waals surface area contributed by atoms with Gasteiger partial charge in [0.2, 0.25) is 0 Å². The molecule has 0 heterocycles. The summed E-state index contributed by atoms with van der Waals surface area (Å²) in [5, 5.41) is 8.85. The summed E-state index contributed by atoms with van der Waals surface area (Å²) in [5.41, 5.74) is -0.0139. The molecule has 66 valence electrons. The molecule has 1 aromatic rings. The molecule has 6 heteroatoms. The number of hydrogen-bond acceptors (Lipinski definition) is 3. The Morgan fingerprint density at radius 3 is 2.08 bits per heavy atom. The van der Waals surface area contributed by atoms with Crippen LogP contribution < -0.4 is 4.47 Å². The second-order valence-electron chi connectivity index (χ2n) is 2.06. The van der Waals surface area contributed by atoms with Gasteiger partial charge in [0.25, 0.3) is 0 Å². The molecule has 0 amide bonds. The van der Waals surface area contributed by atoms with Crippen LogP contribution in [0.15, 0.2) is 30.3 Å². The van der Waals surface area contributed by atoms with Gasteiger partial charge in [-0.05, 0) is 12.1 Å². The van der Waals surface area contributed by atoms with Crippen LogP contribution in [0.5, 0.6) is 0 Å². The maximum Gasteiger partial charge on any atom is 0.382 e. The summed E-state index contributed by atoms with van der Waals surface area (Å²) in [6.45, 7) is 0. The Morgan fingerprint density at radius 2 is 1.67 bits per heavy atom. The highest BCUT2D eigenvalue weighted by molar-refractivity contribution is 7.87. The summed E-state index contributed by atoms with van der Waals surface area (Å²) in [4.78, 5) is 0. The summed E-state index contributed by atoms with van der Waals surface area (Å²) < 4.78 is 28.9. The molecule has 0 saturated carbocycles. The molecule has 0 aromatic heterocycles. The third kappa shape index (κ3) is 1.94. The van der Waals surface area contributed by atoms with Gasteiger partial charge in [-0.25, -0.2) is 0 Å². The van der Waals surface area contributed by atoms with Crippen LogP contribution in [0.1, 0.15) is 0 Å². The number of nitrogens with zero attached hydrogens (tertiary/aromatic N) is 1. The van der Waals surface area contributed by atoms with Crippen LogP contribution in [0.4, 0.5) is 5.69 Å². The van der Waals surface area contributed by atoms with E-state index in [1.54, 1.807) is 6.07 Å². The van der Waals surface area contributed by atoms with Crippen molar-refractivity contribution in [3.8, 4) is 0 Å². The van der Waals surface area contributed by atoms with Crippen LogP contribution in [-0.4, -0.2) is 18.2 Å². The third-order valence-corrected chi connectivity index (χ3v) is 1.84. The van der Waals surface area contributed by atoms with E-state index in [0.29, 0.717) is 0 Å². The van der Waals surface area contributed by atoms with Gasteiger partial charge in [-0.3, -0.25) is 9.76 Å². The van der Waals surface area contributed by atoms with Gasteiger partial charge in [-0.15, -0.1) is 4.47 Å². The number of benzene rings is 1. The van der Waals surface area contributed by atoms with E-state index >= 15 is 0 Å². The lowest BCUT2D eigenvalue weighted by Gasteiger charge is -2.11. The summed E-state index contributed by atoms with van der Waals surface area (Å²) in [6, 6.07) is 7.40. The molecule has 0 bridgehead atoms. The van der Waals surface area contributed by atoms with Crippen molar-refractivity contribution in [1.29, 1.82) is 0 Å². The fourth-order valence-corrected chi connectivity index (χ4v) is 1.08. The van der Waals surface area contributed by atoms with Crippen molar-refractivity contribution >= 4 is 16.0 Å². The molecule has 12 heavy (non-hydrogen) atoms. The summed E-state index contributed by atoms with van der Waals surface area (Å²) in [5.74, 6) is 0. The molecule has 0 spiro atoms. The Balaban J connectivity index is 3.02. The van der Waals surface area contributed by atoms with E-state index in [1.165, 1.54) is 24.3 Å². The Hall–Kier alpha value is -1.11. The first-order valence-electron chi connectivity index (χ1n) is 3.03. The van der Waals surface area contributed by atoms with Crippen molar-refractivity contribution in [2.75, 3.05) is 4.47 Å². The second-order valence-corrected chi connectivity index (χ2v) is 3.30. The smallest absolute Gasteiger partial charge is 0.272 e. The van der Waals surface area contributed by atoms with Crippen molar-refractivity contribution < 1.29 is 18.2 Å². The molecule has 1 rings (SSSR count). The topological polar surface area (TPSA) is 77.8 Å². The molecular weight excluding hydrogens is 182 g/mol. The van der Waals surface area contributed by atoms with Crippen LogP contribution in [0.25, 0.3) is 0 Å². The number of para-hydroxylation sites is 1. The van der Waals surface area contributed by atoms with Gasteiger partial charge in [0, 0.05) is 0 Å². The lowest BCUT2D eigenvalue weighted by atomic mass is 10.3. The van der Waals surface area contributed by atoms with Gasteiger partial charge in [0.15, 0.2) is 0 Å². The maximum absolute atomic E-state index is 10.4. The summed E-state index contributed by atoms with van der Waals surface area (Å²) >= 11 is 0. The van der Waals surface area contributed by atoms with E-state index in [0.717, 1.165) is 0 Å². The van der Waals surface area contributed by atoms with Gasteiger partial charge in [0.1, 0.15) is 0 Å². The first-order valence-corrected chi connectivity index (χ1v) is 4.43. The quantitative estimate of drug-likeness (QED) is 0.530. The van der Waals surface area contributed by atoms with Crippen molar-refractivity contribution in [1.82, 2.24) is 0 Å². The summed E-state index contributed by atoms with van der Waals surface area (Å²) in [6.07, 6.45) is 0. The van der Waals surface area contributed by atoms with E-state index in [9.17, 15) is 8.42 Å². The highest BCUT2D eigenvalue weighted by atomic mass is 32.2. The highest BCUT2D eigenvalue weighted by Gasteiger charge is 2.15. The predicted molar refractivity (Wildman–Crippen MR) is 42.3 cm³/mol. The van der Waals surface area contributed by atoms with Gasteiger partial charge < -0.3 is 0 Å². The van der Waals surface area contributed by atoms with Crippen molar-refractivity contribution in [2.24, 2.45) is 0 Å². The van der Waals surface area contributed by atoms with Crippen LogP contribution in [0, 0.1) is 0 Å². The maximum atomic E-state index is 10.4. The SMILES string of the molecule is O=S(=O)(O)N(O)c1ccccc1. The lowest BCUT2D eigenvalue weighted by Crippen LogP contribution is -2.25.